The van der Waals surface area contributed by atoms with Crippen LogP contribution in [0.1, 0.15) is 30.7 Å². The van der Waals surface area contributed by atoms with E-state index in [1.807, 2.05) is 45.2 Å². The lowest BCUT2D eigenvalue weighted by Crippen LogP contribution is -2.29. The number of aryl methyl sites for hydroxylation is 1. The Kier molecular flexibility index (Phi) is 3.41. The van der Waals surface area contributed by atoms with Crippen LogP contribution in [0.2, 0.25) is 5.02 Å². The van der Waals surface area contributed by atoms with Gasteiger partial charge in [0.05, 0.1) is 18.3 Å². The number of hydrogen-bond acceptors (Lipinski definition) is 3. The number of rotatable bonds is 3. The van der Waals surface area contributed by atoms with Crippen LogP contribution >= 0.6 is 11.6 Å². The van der Waals surface area contributed by atoms with E-state index in [-0.39, 0.29) is 0 Å². The summed E-state index contributed by atoms with van der Waals surface area (Å²) in [6.45, 7) is 6.42. The Morgan fingerprint density at radius 2 is 2.11 bits per heavy atom. The Morgan fingerprint density at radius 3 is 2.67 bits per heavy atom. The van der Waals surface area contributed by atoms with Gasteiger partial charge in [-0.2, -0.15) is 0 Å². The molecule has 18 heavy (non-hydrogen) atoms. The van der Waals surface area contributed by atoms with Crippen LogP contribution in [0.4, 0.5) is 0 Å². The Balaban J connectivity index is 2.21. The first kappa shape index (κ1) is 13.1. The molecule has 96 valence electrons. The molecule has 1 aromatic carbocycles. The first-order chi connectivity index (χ1) is 8.36. The second-order valence-electron chi connectivity index (χ2n) is 5.12. The zero-order valence-electron chi connectivity index (χ0n) is 10.8. The zero-order chi connectivity index (χ0) is 13.3. The maximum atomic E-state index is 6.19. The monoisotopic (exact) mass is 264 g/mol. The summed E-state index contributed by atoms with van der Waals surface area (Å²) in [5.74, 6) is 0. The molecule has 0 saturated carbocycles. The fourth-order valence-electron chi connectivity index (χ4n) is 1.63. The van der Waals surface area contributed by atoms with Crippen molar-refractivity contribution in [1.29, 1.82) is 0 Å². The summed E-state index contributed by atoms with van der Waals surface area (Å²) >= 11 is 6.19. The third-order valence-corrected chi connectivity index (χ3v) is 3.09. The van der Waals surface area contributed by atoms with Crippen molar-refractivity contribution in [2.75, 3.05) is 0 Å². The van der Waals surface area contributed by atoms with Crippen molar-refractivity contribution in [3.8, 4) is 0 Å². The molecule has 1 aromatic heterocycles. The van der Waals surface area contributed by atoms with Gasteiger partial charge in [-0.1, -0.05) is 28.9 Å². The predicted molar refractivity (Wildman–Crippen MR) is 72.5 cm³/mol. The Morgan fingerprint density at radius 1 is 1.39 bits per heavy atom. The summed E-state index contributed by atoms with van der Waals surface area (Å²) < 4.78 is 1.75. The Bertz CT molecular complexity index is 554. The minimum absolute atomic E-state index is 0.477. The van der Waals surface area contributed by atoms with Crippen LogP contribution in [0.15, 0.2) is 24.4 Å². The fraction of sp³-hybridized carbons (Fsp3) is 0.385. The van der Waals surface area contributed by atoms with Gasteiger partial charge in [-0.25, -0.2) is 4.68 Å². The van der Waals surface area contributed by atoms with Crippen molar-refractivity contribution in [3.63, 3.8) is 0 Å². The average Bonchev–Trinajstić information content (AvgIpc) is 2.70. The van der Waals surface area contributed by atoms with Gasteiger partial charge in [-0.05, 0) is 38.0 Å². The van der Waals surface area contributed by atoms with Gasteiger partial charge >= 0.3 is 0 Å². The van der Waals surface area contributed by atoms with Gasteiger partial charge < -0.3 is 5.73 Å². The second-order valence-corrected chi connectivity index (χ2v) is 5.53. The summed E-state index contributed by atoms with van der Waals surface area (Å²) in [4.78, 5) is 0. The van der Waals surface area contributed by atoms with Gasteiger partial charge in [0, 0.05) is 5.02 Å². The first-order valence-electron chi connectivity index (χ1n) is 5.81. The van der Waals surface area contributed by atoms with E-state index in [9.17, 15) is 0 Å². The Hall–Kier alpha value is -1.39. The minimum Gasteiger partial charge on any atom is -0.320 e. The maximum Gasteiger partial charge on any atom is 0.102 e. The van der Waals surface area contributed by atoms with Crippen LogP contribution in [-0.2, 0) is 12.1 Å². The summed E-state index contributed by atoms with van der Waals surface area (Å²) in [6.07, 6.45) is 1.86. The van der Waals surface area contributed by atoms with Crippen LogP contribution in [0.3, 0.4) is 0 Å². The van der Waals surface area contributed by atoms with E-state index in [0.29, 0.717) is 6.54 Å². The molecule has 4 nitrogen and oxygen atoms in total. The van der Waals surface area contributed by atoms with Crippen molar-refractivity contribution in [3.05, 3.63) is 46.2 Å². The summed E-state index contributed by atoms with van der Waals surface area (Å²) in [7, 11) is 0. The highest BCUT2D eigenvalue weighted by atomic mass is 35.5. The van der Waals surface area contributed by atoms with Crippen molar-refractivity contribution >= 4 is 11.6 Å². The fourth-order valence-corrected chi connectivity index (χ4v) is 1.92. The molecule has 2 rings (SSSR count). The average molecular weight is 265 g/mol. The molecule has 0 saturated heterocycles. The molecule has 0 aliphatic heterocycles. The molecule has 0 spiro atoms. The molecule has 0 aliphatic carbocycles. The highest BCUT2D eigenvalue weighted by Crippen LogP contribution is 2.19. The van der Waals surface area contributed by atoms with E-state index in [1.54, 1.807) is 4.68 Å². The predicted octanol–water partition coefficient (Wildman–Crippen LogP) is 2.48. The van der Waals surface area contributed by atoms with Gasteiger partial charge in [0.25, 0.3) is 0 Å². The number of benzene rings is 1. The van der Waals surface area contributed by atoms with Crippen molar-refractivity contribution in [2.45, 2.75) is 32.9 Å². The molecular formula is C13H17ClN4. The molecule has 0 radical (unpaired) electrons. The van der Waals surface area contributed by atoms with Gasteiger partial charge in [0.15, 0.2) is 0 Å². The highest BCUT2D eigenvalue weighted by molar-refractivity contribution is 6.31. The van der Waals surface area contributed by atoms with Crippen LogP contribution < -0.4 is 5.73 Å². The van der Waals surface area contributed by atoms with E-state index >= 15 is 0 Å². The lowest BCUT2D eigenvalue weighted by Gasteiger charge is -2.13. The third-order valence-electron chi connectivity index (χ3n) is 2.74. The van der Waals surface area contributed by atoms with Crippen molar-refractivity contribution in [2.24, 2.45) is 5.73 Å². The van der Waals surface area contributed by atoms with Crippen LogP contribution in [0.25, 0.3) is 0 Å². The third kappa shape index (κ3) is 2.89. The number of nitrogens with zero attached hydrogens (tertiary/aromatic N) is 3. The van der Waals surface area contributed by atoms with Crippen LogP contribution in [-0.4, -0.2) is 15.0 Å². The number of nitrogens with two attached hydrogens (primary N) is 1. The summed E-state index contributed by atoms with van der Waals surface area (Å²) in [6, 6.07) is 5.99. The molecule has 0 unspecified atom stereocenters. The lowest BCUT2D eigenvalue weighted by atomic mass is 10.0. The molecular weight excluding hydrogens is 248 g/mol. The molecule has 5 heteroatoms. The summed E-state index contributed by atoms with van der Waals surface area (Å²) in [5, 5.41) is 8.89. The van der Waals surface area contributed by atoms with Gasteiger partial charge in [-0.3, -0.25) is 0 Å². The van der Waals surface area contributed by atoms with Crippen molar-refractivity contribution < 1.29 is 0 Å². The molecule has 0 aliphatic rings. The Labute approximate surface area is 112 Å². The molecule has 2 N–H and O–H groups in total. The molecule has 0 atom stereocenters. The standard InChI is InChI=1S/C13H17ClN4/c1-9-4-5-10(11(14)6-9)7-18-8-12(16-17-18)13(2,3)15/h4-6,8H,7,15H2,1-3H3. The molecule has 2 aromatic rings. The number of halogens is 1. The SMILES string of the molecule is Cc1ccc(Cn2cc(C(C)(C)N)nn2)c(Cl)c1. The zero-order valence-corrected chi connectivity index (χ0v) is 11.6. The van der Waals surface area contributed by atoms with Crippen molar-refractivity contribution in [1.82, 2.24) is 15.0 Å². The van der Waals surface area contributed by atoms with E-state index in [0.717, 1.165) is 21.8 Å². The number of hydrogen-bond donors (Lipinski definition) is 1. The van der Waals surface area contributed by atoms with E-state index < -0.39 is 5.54 Å². The number of aromatic nitrogens is 3. The van der Waals surface area contributed by atoms with Gasteiger partial charge in [0.1, 0.15) is 5.69 Å². The second kappa shape index (κ2) is 4.71. The minimum atomic E-state index is -0.477. The quantitative estimate of drug-likeness (QED) is 0.927. The first-order valence-corrected chi connectivity index (χ1v) is 6.18. The van der Waals surface area contributed by atoms with Crippen LogP contribution in [0.5, 0.6) is 0 Å². The van der Waals surface area contributed by atoms with Crippen LogP contribution in [0, 0.1) is 6.92 Å². The molecule has 0 bridgehead atoms. The molecule has 0 fully saturated rings. The summed E-state index contributed by atoms with van der Waals surface area (Å²) in [5.41, 5.74) is 8.43. The highest BCUT2D eigenvalue weighted by Gasteiger charge is 2.18. The molecule has 1 heterocycles. The smallest absolute Gasteiger partial charge is 0.102 e. The van der Waals surface area contributed by atoms with Gasteiger partial charge in [-0.15, -0.1) is 5.10 Å². The normalized spacial score (nSPS) is 11.8. The lowest BCUT2D eigenvalue weighted by molar-refractivity contribution is 0.533. The topological polar surface area (TPSA) is 56.7 Å². The van der Waals surface area contributed by atoms with E-state index in [1.165, 1.54) is 0 Å². The van der Waals surface area contributed by atoms with E-state index in [2.05, 4.69) is 10.3 Å². The van der Waals surface area contributed by atoms with E-state index in [4.69, 9.17) is 17.3 Å². The largest absolute Gasteiger partial charge is 0.320 e. The maximum absolute atomic E-state index is 6.19. The van der Waals surface area contributed by atoms with Gasteiger partial charge in [0.2, 0.25) is 0 Å². The molecule has 0 amide bonds.